The van der Waals surface area contributed by atoms with E-state index in [1.165, 1.54) is 30.2 Å². The van der Waals surface area contributed by atoms with Crippen LogP contribution in [0.2, 0.25) is 0 Å². The number of aryl methyl sites for hydroxylation is 3. The first-order valence-corrected chi connectivity index (χ1v) is 8.67. The zero-order chi connectivity index (χ0) is 18.0. The SMILES string of the molecule is Cc1coc(CC(=O)O)c1C(=O)NC(C)c1ccc2c(c1)CCCC2. The van der Waals surface area contributed by atoms with Crippen LogP contribution in [0.5, 0.6) is 0 Å². The Balaban J connectivity index is 1.77. The Bertz CT molecular complexity index is 806. The minimum absolute atomic E-state index is 0.160. The van der Waals surface area contributed by atoms with Crippen LogP contribution in [0, 0.1) is 6.92 Å². The molecule has 132 valence electrons. The quantitative estimate of drug-likeness (QED) is 0.871. The number of carboxylic acids is 1. The first kappa shape index (κ1) is 17.3. The first-order valence-electron chi connectivity index (χ1n) is 8.67. The van der Waals surface area contributed by atoms with Gasteiger partial charge in [-0.2, -0.15) is 0 Å². The Morgan fingerprint density at radius 2 is 1.96 bits per heavy atom. The molecule has 0 bridgehead atoms. The highest BCUT2D eigenvalue weighted by molar-refractivity contribution is 5.97. The molecule has 1 heterocycles. The van der Waals surface area contributed by atoms with Crippen LogP contribution in [-0.2, 0) is 24.1 Å². The third-order valence-corrected chi connectivity index (χ3v) is 4.81. The maximum absolute atomic E-state index is 12.6. The number of hydrogen-bond acceptors (Lipinski definition) is 3. The Morgan fingerprint density at radius 3 is 2.68 bits per heavy atom. The second-order valence-corrected chi connectivity index (χ2v) is 6.72. The molecule has 1 amide bonds. The first-order chi connectivity index (χ1) is 12.0. The number of benzene rings is 1. The van der Waals surface area contributed by atoms with Crippen molar-refractivity contribution in [2.45, 2.75) is 52.0 Å². The molecule has 0 radical (unpaired) electrons. The highest BCUT2D eigenvalue weighted by Gasteiger charge is 2.22. The van der Waals surface area contributed by atoms with Crippen LogP contribution in [0.15, 0.2) is 28.9 Å². The van der Waals surface area contributed by atoms with Gasteiger partial charge in [-0.3, -0.25) is 9.59 Å². The Kier molecular flexibility index (Phi) is 4.93. The zero-order valence-electron chi connectivity index (χ0n) is 14.6. The van der Waals surface area contributed by atoms with Crippen molar-refractivity contribution in [3.05, 3.63) is 58.0 Å². The van der Waals surface area contributed by atoms with E-state index < -0.39 is 5.97 Å². The zero-order valence-corrected chi connectivity index (χ0v) is 14.6. The van der Waals surface area contributed by atoms with E-state index in [-0.39, 0.29) is 24.1 Å². The highest BCUT2D eigenvalue weighted by Crippen LogP contribution is 2.25. The molecule has 0 saturated heterocycles. The fourth-order valence-electron chi connectivity index (χ4n) is 3.45. The number of amides is 1. The summed E-state index contributed by atoms with van der Waals surface area (Å²) < 4.78 is 5.25. The lowest BCUT2D eigenvalue weighted by molar-refractivity contribution is -0.136. The second kappa shape index (κ2) is 7.13. The summed E-state index contributed by atoms with van der Waals surface area (Å²) in [5.74, 6) is -1.13. The van der Waals surface area contributed by atoms with Crippen molar-refractivity contribution in [1.82, 2.24) is 5.32 Å². The molecule has 0 fully saturated rings. The van der Waals surface area contributed by atoms with Crippen molar-refractivity contribution in [3.63, 3.8) is 0 Å². The maximum Gasteiger partial charge on any atom is 0.311 e. The van der Waals surface area contributed by atoms with Gasteiger partial charge in [0.15, 0.2) is 0 Å². The van der Waals surface area contributed by atoms with E-state index in [1.807, 2.05) is 6.92 Å². The van der Waals surface area contributed by atoms with E-state index in [4.69, 9.17) is 9.52 Å². The Morgan fingerprint density at radius 1 is 1.24 bits per heavy atom. The molecule has 2 aromatic rings. The number of carboxylic acid groups (broad SMARTS) is 1. The van der Waals surface area contributed by atoms with E-state index in [1.54, 1.807) is 6.92 Å². The van der Waals surface area contributed by atoms with Crippen LogP contribution >= 0.6 is 0 Å². The van der Waals surface area contributed by atoms with Gasteiger partial charge < -0.3 is 14.8 Å². The van der Waals surface area contributed by atoms with Crippen LogP contribution in [-0.4, -0.2) is 17.0 Å². The van der Waals surface area contributed by atoms with E-state index in [0.717, 1.165) is 18.4 Å². The topological polar surface area (TPSA) is 79.5 Å². The van der Waals surface area contributed by atoms with E-state index in [0.29, 0.717) is 11.1 Å². The number of carbonyl (C=O) groups is 2. The summed E-state index contributed by atoms with van der Waals surface area (Å²) in [6.07, 6.45) is 5.80. The molecule has 2 N–H and O–H groups in total. The molecule has 25 heavy (non-hydrogen) atoms. The van der Waals surface area contributed by atoms with Gasteiger partial charge in [0.1, 0.15) is 12.2 Å². The molecule has 0 aliphatic heterocycles. The van der Waals surface area contributed by atoms with E-state index >= 15 is 0 Å². The van der Waals surface area contributed by atoms with Crippen LogP contribution in [0.3, 0.4) is 0 Å². The number of aliphatic carboxylic acids is 1. The van der Waals surface area contributed by atoms with E-state index in [2.05, 4.69) is 23.5 Å². The number of nitrogens with one attached hydrogen (secondary N) is 1. The largest absolute Gasteiger partial charge is 0.481 e. The molecule has 1 aliphatic carbocycles. The van der Waals surface area contributed by atoms with Crippen molar-refractivity contribution < 1.29 is 19.1 Å². The monoisotopic (exact) mass is 341 g/mol. The minimum atomic E-state index is -1.02. The van der Waals surface area contributed by atoms with Gasteiger partial charge in [-0.1, -0.05) is 18.2 Å². The average Bonchev–Trinajstić information content (AvgIpc) is 2.94. The molecular weight excluding hydrogens is 318 g/mol. The lowest BCUT2D eigenvalue weighted by atomic mass is 9.89. The van der Waals surface area contributed by atoms with Gasteiger partial charge in [-0.05, 0) is 56.2 Å². The Labute approximate surface area is 147 Å². The molecule has 1 aromatic heterocycles. The fraction of sp³-hybridized carbons (Fsp3) is 0.400. The third kappa shape index (κ3) is 3.76. The number of carbonyl (C=O) groups excluding carboxylic acids is 1. The van der Waals surface area contributed by atoms with Crippen molar-refractivity contribution in [2.24, 2.45) is 0 Å². The number of rotatable bonds is 5. The summed E-state index contributed by atoms with van der Waals surface area (Å²) in [4.78, 5) is 23.6. The third-order valence-electron chi connectivity index (χ3n) is 4.81. The molecule has 5 nitrogen and oxygen atoms in total. The van der Waals surface area contributed by atoms with Crippen LogP contribution in [0.25, 0.3) is 0 Å². The normalized spacial score (nSPS) is 14.6. The molecule has 1 atom stereocenters. The molecule has 3 rings (SSSR count). The maximum atomic E-state index is 12.6. The lowest BCUT2D eigenvalue weighted by Gasteiger charge is -2.20. The van der Waals surface area contributed by atoms with Gasteiger partial charge in [0.05, 0.1) is 17.9 Å². The predicted octanol–water partition coefficient (Wildman–Crippen LogP) is 3.58. The molecule has 1 unspecified atom stereocenters. The molecule has 1 aromatic carbocycles. The number of hydrogen-bond donors (Lipinski definition) is 2. The van der Waals surface area contributed by atoms with Crippen molar-refractivity contribution in [1.29, 1.82) is 0 Å². The van der Waals surface area contributed by atoms with Crippen molar-refractivity contribution in [2.75, 3.05) is 0 Å². The van der Waals surface area contributed by atoms with Gasteiger partial charge in [0.2, 0.25) is 0 Å². The van der Waals surface area contributed by atoms with Crippen molar-refractivity contribution in [3.8, 4) is 0 Å². The second-order valence-electron chi connectivity index (χ2n) is 6.72. The number of furan rings is 1. The van der Waals surface area contributed by atoms with Gasteiger partial charge >= 0.3 is 5.97 Å². The lowest BCUT2D eigenvalue weighted by Crippen LogP contribution is -2.28. The summed E-state index contributed by atoms with van der Waals surface area (Å²) in [7, 11) is 0. The smallest absolute Gasteiger partial charge is 0.311 e. The van der Waals surface area contributed by atoms with Crippen LogP contribution in [0.1, 0.15) is 64.2 Å². The van der Waals surface area contributed by atoms with Gasteiger partial charge in [-0.15, -0.1) is 0 Å². The van der Waals surface area contributed by atoms with Gasteiger partial charge in [0.25, 0.3) is 5.91 Å². The summed E-state index contributed by atoms with van der Waals surface area (Å²) >= 11 is 0. The average molecular weight is 341 g/mol. The molecule has 5 heteroatoms. The summed E-state index contributed by atoms with van der Waals surface area (Å²) in [5, 5.41) is 11.9. The highest BCUT2D eigenvalue weighted by atomic mass is 16.4. The number of fused-ring (bicyclic) bond motifs is 1. The predicted molar refractivity (Wildman–Crippen MR) is 93.8 cm³/mol. The molecule has 1 aliphatic rings. The standard InChI is InChI=1S/C20H23NO4/c1-12-11-25-17(10-18(22)23)19(12)20(24)21-13(2)15-8-7-14-5-3-4-6-16(14)9-15/h7-9,11,13H,3-6,10H2,1-2H3,(H,21,24)(H,22,23). The summed E-state index contributed by atoms with van der Waals surface area (Å²) in [6.45, 7) is 3.68. The van der Waals surface area contributed by atoms with Crippen molar-refractivity contribution >= 4 is 11.9 Å². The minimum Gasteiger partial charge on any atom is -0.481 e. The van der Waals surface area contributed by atoms with E-state index in [9.17, 15) is 9.59 Å². The molecule has 0 spiro atoms. The van der Waals surface area contributed by atoms with Gasteiger partial charge in [0, 0.05) is 5.56 Å². The fourth-order valence-corrected chi connectivity index (χ4v) is 3.45. The Hall–Kier alpha value is -2.56. The van der Waals surface area contributed by atoms with Crippen LogP contribution < -0.4 is 5.32 Å². The van der Waals surface area contributed by atoms with Gasteiger partial charge in [-0.25, -0.2) is 0 Å². The summed E-state index contributed by atoms with van der Waals surface area (Å²) in [6, 6.07) is 6.24. The molecular formula is C20H23NO4. The molecule has 0 saturated carbocycles. The summed E-state index contributed by atoms with van der Waals surface area (Å²) in [5.41, 5.74) is 4.81. The van der Waals surface area contributed by atoms with Crippen LogP contribution in [0.4, 0.5) is 0 Å².